The molecule has 76 valence electrons. The van der Waals surface area contributed by atoms with E-state index in [1.54, 1.807) is 13.8 Å². The summed E-state index contributed by atoms with van der Waals surface area (Å²) >= 11 is 0. The van der Waals surface area contributed by atoms with Crippen LogP contribution in [0.25, 0.3) is 0 Å². The van der Waals surface area contributed by atoms with E-state index in [1.165, 1.54) is 0 Å². The molecule has 1 aliphatic rings. The fourth-order valence-corrected chi connectivity index (χ4v) is 1.84. The van der Waals surface area contributed by atoms with Crippen LogP contribution >= 0.6 is 0 Å². The monoisotopic (exact) mass is 186 g/mol. The average molecular weight is 186 g/mol. The Bertz CT molecular complexity index is 199. The van der Waals surface area contributed by atoms with Crippen LogP contribution in [-0.2, 0) is 9.53 Å². The average Bonchev–Trinajstić information content (AvgIpc) is 1.96. The van der Waals surface area contributed by atoms with Crippen LogP contribution in [0.3, 0.4) is 0 Å². The molecule has 3 heteroatoms. The van der Waals surface area contributed by atoms with Crippen LogP contribution < -0.4 is 0 Å². The molecule has 0 spiro atoms. The van der Waals surface area contributed by atoms with E-state index in [9.17, 15) is 4.79 Å². The van der Waals surface area contributed by atoms with Gasteiger partial charge in [-0.15, -0.1) is 0 Å². The van der Waals surface area contributed by atoms with E-state index >= 15 is 0 Å². The summed E-state index contributed by atoms with van der Waals surface area (Å²) in [6, 6.07) is 0. The summed E-state index contributed by atoms with van der Waals surface area (Å²) in [5.41, 5.74) is -0.498. The lowest BCUT2D eigenvalue weighted by atomic mass is 9.70. The van der Waals surface area contributed by atoms with E-state index in [0.29, 0.717) is 6.42 Å². The van der Waals surface area contributed by atoms with Crippen LogP contribution in [0.15, 0.2) is 0 Å². The molecule has 0 saturated carbocycles. The molecular weight excluding hydrogens is 168 g/mol. The molecular formula is C10H18O3. The molecule has 1 heterocycles. The van der Waals surface area contributed by atoms with E-state index in [-0.39, 0.29) is 5.41 Å². The van der Waals surface area contributed by atoms with Crippen molar-refractivity contribution in [2.75, 3.05) is 13.2 Å². The Balaban J connectivity index is 2.60. The highest BCUT2D eigenvalue weighted by atomic mass is 16.5. The van der Waals surface area contributed by atoms with Crippen molar-refractivity contribution in [1.82, 2.24) is 0 Å². The Kier molecular flexibility index (Phi) is 2.66. The second kappa shape index (κ2) is 3.29. The molecule has 13 heavy (non-hydrogen) atoms. The molecule has 1 saturated heterocycles. The largest absolute Gasteiger partial charge is 0.481 e. The van der Waals surface area contributed by atoms with Gasteiger partial charge in [0, 0.05) is 5.41 Å². The highest BCUT2D eigenvalue weighted by molar-refractivity contribution is 5.73. The van der Waals surface area contributed by atoms with Crippen LogP contribution in [0.5, 0.6) is 0 Å². The fourth-order valence-electron chi connectivity index (χ4n) is 1.84. The van der Waals surface area contributed by atoms with Crippen molar-refractivity contribution in [3.8, 4) is 0 Å². The molecule has 0 aliphatic carbocycles. The predicted octanol–water partition coefficient (Wildman–Crippen LogP) is 1.91. The normalized spacial score (nSPS) is 20.8. The molecule has 1 N–H and O–H groups in total. The third-order valence-electron chi connectivity index (χ3n) is 2.96. The van der Waals surface area contributed by atoms with Gasteiger partial charge in [0.05, 0.1) is 18.6 Å². The second-order valence-electron chi connectivity index (χ2n) is 4.71. The van der Waals surface area contributed by atoms with E-state index < -0.39 is 11.4 Å². The fraction of sp³-hybridized carbons (Fsp3) is 0.900. The predicted molar refractivity (Wildman–Crippen MR) is 49.6 cm³/mol. The van der Waals surface area contributed by atoms with Crippen molar-refractivity contribution in [1.29, 1.82) is 0 Å². The maximum atomic E-state index is 10.9. The van der Waals surface area contributed by atoms with Gasteiger partial charge in [0.1, 0.15) is 0 Å². The van der Waals surface area contributed by atoms with Gasteiger partial charge in [-0.2, -0.15) is 0 Å². The van der Waals surface area contributed by atoms with Crippen molar-refractivity contribution in [2.24, 2.45) is 10.8 Å². The van der Waals surface area contributed by atoms with E-state index in [2.05, 4.69) is 6.92 Å². The Morgan fingerprint density at radius 1 is 1.54 bits per heavy atom. The highest BCUT2D eigenvalue weighted by Crippen LogP contribution is 2.42. The van der Waals surface area contributed by atoms with Gasteiger partial charge in [-0.1, -0.05) is 6.92 Å². The summed E-state index contributed by atoms with van der Waals surface area (Å²) in [7, 11) is 0. The Morgan fingerprint density at radius 2 is 2.08 bits per heavy atom. The number of hydrogen-bond acceptors (Lipinski definition) is 2. The van der Waals surface area contributed by atoms with Crippen LogP contribution in [0.2, 0.25) is 0 Å². The molecule has 0 unspecified atom stereocenters. The Morgan fingerprint density at radius 3 is 2.31 bits per heavy atom. The summed E-state index contributed by atoms with van der Waals surface area (Å²) in [6.07, 6.45) is 1.72. The number of aliphatic carboxylic acids is 1. The maximum absolute atomic E-state index is 10.9. The Hall–Kier alpha value is -0.570. The molecule has 0 aromatic heterocycles. The SMILES string of the molecule is CCC1(CC(C)(C)C(=O)O)COC1. The van der Waals surface area contributed by atoms with Gasteiger partial charge in [-0.05, 0) is 26.7 Å². The van der Waals surface area contributed by atoms with Crippen LogP contribution in [0.4, 0.5) is 0 Å². The summed E-state index contributed by atoms with van der Waals surface area (Å²) in [4.78, 5) is 10.9. The molecule has 0 aromatic carbocycles. The van der Waals surface area contributed by atoms with Crippen LogP contribution in [0, 0.1) is 10.8 Å². The van der Waals surface area contributed by atoms with Crippen LogP contribution in [-0.4, -0.2) is 24.3 Å². The van der Waals surface area contributed by atoms with Gasteiger partial charge in [0.15, 0.2) is 0 Å². The molecule has 0 aromatic rings. The number of carbonyl (C=O) groups is 1. The lowest BCUT2D eigenvalue weighted by molar-refractivity contribution is -0.162. The minimum atomic E-state index is -0.716. The third kappa shape index (κ3) is 2.02. The second-order valence-corrected chi connectivity index (χ2v) is 4.71. The lowest BCUT2D eigenvalue weighted by Crippen LogP contribution is -2.46. The zero-order chi connectivity index (χ0) is 10.1. The standard InChI is InChI=1S/C10H18O3/c1-4-10(6-13-7-10)5-9(2,3)8(11)12/h4-7H2,1-3H3,(H,11,12). The first-order valence-corrected chi connectivity index (χ1v) is 4.73. The minimum Gasteiger partial charge on any atom is -0.481 e. The first kappa shape index (κ1) is 10.5. The lowest BCUT2D eigenvalue weighted by Gasteiger charge is -2.44. The van der Waals surface area contributed by atoms with Gasteiger partial charge >= 0.3 is 5.97 Å². The molecule has 0 amide bonds. The Labute approximate surface area is 79.1 Å². The highest BCUT2D eigenvalue weighted by Gasteiger charge is 2.44. The van der Waals surface area contributed by atoms with E-state index in [4.69, 9.17) is 9.84 Å². The van der Waals surface area contributed by atoms with Gasteiger partial charge in [0.25, 0.3) is 0 Å². The number of carboxylic acids is 1. The van der Waals surface area contributed by atoms with Crippen LogP contribution in [0.1, 0.15) is 33.6 Å². The first-order chi connectivity index (χ1) is 5.92. The van der Waals surface area contributed by atoms with Crippen molar-refractivity contribution in [2.45, 2.75) is 33.6 Å². The quantitative estimate of drug-likeness (QED) is 0.729. The molecule has 0 atom stereocenters. The van der Waals surface area contributed by atoms with Crippen molar-refractivity contribution in [3.05, 3.63) is 0 Å². The summed E-state index contributed by atoms with van der Waals surface area (Å²) in [6.45, 7) is 7.11. The first-order valence-electron chi connectivity index (χ1n) is 4.73. The third-order valence-corrected chi connectivity index (χ3v) is 2.96. The zero-order valence-corrected chi connectivity index (χ0v) is 8.59. The topological polar surface area (TPSA) is 46.5 Å². The molecule has 1 fully saturated rings. The van der Waals surface area contributed by atoms with Crippen molar-refractivity contribution >= 4 is 5.97 Å². The van der Waals surface area contributed by atoms with Crippen molar-refractivity contribution < 1.29 is 14.6 Å². The molecule has 1 aliphatic heterocycles. The van der Waals surface area contributed by atoms with Gasteiger partial charge in [0.2, 0.25) is 0 Å². The smallest absolute Gasteiger partial charge is 0.309 e. The number of rotatable bonds is 4. The number of hydrogen-bond donors (Lipinski definition) is 1. The summed E-state index contributed by atoms with van der Waals surface area (Å²) in [5.74, 6) is -0.716. The van der Waals surface area contributed by atoms with Gasteiger partial charge < -0.3 is 9.84 Å². The number of carboxylic acid groups (broad SMARTS) is 1. The maximum Gasteiger partial charge on any atom is 0.309 e. The zero-order valence-electron chi connectivity index (χ0n) is 8.59. The van der Waals surface area contributed by atoms with Gasteiger partial charge in [-0.3, -0.25) is 4.79 Å². The minimum absolute atomic E-state index is 0.127. The van der Waals surface area contributed by atoms with E-state index in [1.807, 2.05) is 0 Å². The molecule has 0 bridgehead atoms. The number of ether oxygens (including phenoxy) is 1. The van der Waals surface area contributed by atoms with E-state index in [0.717, 1.165) is 19.6 Å². The molecule has 3 nitrogen and oxygen atoms in total. The molecule has 1 rings (SSSR count). The molecule has 0 radical (unpaired) electrons. The summed E-state index contributed by atoms with van der Waals surface area (Å²) in [5, 5.41) is 8.98. The van der Waals surface area contributed by atoms with Gasteiger partial charge in [-0.25, -0.2) is 0 Å². The summed E-state index contributed by atoms with van der Waals surface area (Å²) < 4.78 is 5.16. The van der Waals surface area contributed by atoms with Crippen molar-refractivity contribution in [3.63, 3.8) is 0 Å².